The van der Waals surface area contributed by atoms with E-state index in [1.54, 1.807) is 30.3 Å². The van der Waals surface area contributed by atoms with Crippen LogP contribution in [0.5, 0.6) is 0 Å². The summed E-state index contributed by atoms with van der Waals surface area (Å²) >= 11 is 0. The van der Waals surface area contributed by atoms with E-state index in [0.717, 1.165) is 5.56 Å². The molecule has 106 valence electrons. The monoisotopic (exact) mass is 291 g/mol. The molecule has 1 heterocycles. The van der Waals surface area contributed by atoms with Crippen molar-refractivity contribution >= 4 is 21.4 Å². The average molecular weight is 291 g/mol. The topological polar surface area (TPSA) is 71.1 Å². The summed E-state index contributed by atoms with van der Waals surface area (Å²) in [6.45, 7) is 4.43. The smallest absolute Gasteiger partial charge is 0.281 e. The van der Waals surface area contributed by atoms with Gasteiger partial charge in [-0.25, -0.2) is 4.98 Å². The minimum atomic E-state index is -3.71. The highest BCUT2D eigenvalue weighted by molar-refractivity contribution is 7.92. The number of pyridine rings is 1. The number of nitrogens with one attached hydrogen (secondary N) is 2. The second kappa shape index (κ2) is 5.92. The number of sulfonamides is 1. The molecule has 0 aliphatic rings. The molecule has 2 N–H and O–H groups in total. The SMILES string of the molecule is CCNc1cccnc1S(=O)(=O)Nc1cccc(C)c1. The molecular weight excluding hydrogens is 274 g/mol. The third-order valence-electron chi connectivity index (χ3n) is 2.66. The molecule has 0 radical (unpaired) electrons. The summed E-state index contributed by atoms with van der Waals surface area (Å²) < 4.78 is 27.3. The maximum absolute atomic E-state index is 12.4. The Kier molecular flexibility index (Phi) is 4.24. The van der Waals surface area contributed by atoms with Gasteiger partial charge in [0.15, 0.2) is 5.03 Å². The van der Waals surface area contributed by atoms with Crippen LogP contribution in [0.15, 0.2) is 47.6 Å². The Morgan fingerprint density at radius 3 is 2.70 bits per heavy atom. The number of aryl methyl sites for hydroxylation is 1. The molecule has 0 saturated heterocycles. The fourth-order valence-electron chi connectivity index (χ4n) is 1.84. The first-order valence-corrected chi connectivity index (χ1v) is 7.79. The van der Waals surface area contributed by atoms with Gasteiger partial charge in [-0.15, -0.1) is 0 Å². The molecule has 0 aliphatic carbocycles. The third kappa shape index (κ3) is 3.27. The van der Waals surface area contributed by atoms with Crippen molar-refractivity contribution in [3.63, 3.8) is 0 Å². The molecule has 2 aromatic rings. The molecule has 0 aliphatic heterocycles. The Morgan fingerprint density at radius 1 is 1.20 bits per heavy atom. The highest BCUT2D eigenvalue weighted by Crippen LogP contribution is 2.21. The van der Waals surface area contributed by atoms with Crippen molar-refractivity contribution in [2.75, 3.05) is 16.6 Å². The van der Waals surface area contributed by atoms with E-state index >= 15 is 0 Å². The molecule has 0 spiro atoms. The summed E-state index contributed by atoms with van der Waals surface area (Å²) in [5.74, 6) is 0. The summed E-state index contributed by atoms with van der Waals surface area (Å²) in [5, 5.41) is 3.00. The van der Waals surface area contributed by atoms with E-state index in [0.29, 0.717) is 17.9 Å². The Balaban J connectivity index is 2.36. The second-order valence-corrected chi connectivity index (χ2v) is 5.96. The maximum Gasteiger partial charge on any atom is 0.281 e. The first-order chi connectivity index (χ1) is 9.53. The number of nitrogens with zero attached hydrogens (tertiary/aromatic N) is 1. The minimum absolute atomic E-state index is 0.00311. The van der Waals surface area contributed by atoms with Crippen molar-refractivity contribution in [1.82, 2.24) is 4.98 Å². The summed E-state index contributed by atoms with van der Waals surface area (Å²) in [6, 6.07) is 10.6. The van der Waals surface area contributed by atoms with Crippen LogP contribution in [0.2, 0.25) is 0 Å². The van der Waals surface area contributed by atoms with E-state index in [9.17, 15) is 8.42 Å². The summed E-state index contributed by atoms with van der Waals surface area (Å²) in [4.78, 5) is 3.97. The number of hydrogen-bond acceptors (Lipinski definition) is 4. The van der Waals surface area contributed by atoms with Crippen LogP contribution in [-0.4, -0.2) is 19.9 Å². The van der Waals surface area contributed by atoms with Gasteiger partial charge in [0.25, 0.3) is 10.0 Å². The van der Waals surface area contributed by atoms with Crippen molar-refractivity contribution in [1.29, 1.82) is 0 Å². The van der Waals surface area contributed by atoms with Gasteiger partial charge in [-0.1, -0.05) is 12.1 Å². The lowest BCUT2D eigenvalue weighted by Gasteiger charge is -2.12. The zero-order valence-electron chi connectivity index (χ0n) is 11.4. The molecule has 0 fully saturated rings. The van der Waals surface area contributed by atoms with Crippen LogP contribution in [0.4, 0.5) is 11.4 Å². The highest BCUT2D eigenvalue weighted by atomic mass is 32.2. The molecule has 0 atom stereocenters. The summed E-state index contributed by atoms with van der Waals surface area (Å²) in [6.07, 6.45) is 1.46. The third-order valence-corrected chi connectivity index (χ3v) is 4.00. The minimum Gasteiger partial charge on any atom is -0.383 e. The van der Waals surface area contributed by atoms with Gasteiger partial charge in [0.2, 0.25) is 0 Å². The van der Waals surface area contributed by atoms with E-state index in [2.05, 4.69) is 15.0 Å². The summed E-state index contributed by atoms with van der Waals surface area (Å²) in [5.41, 5.74) is 2.01. The molecule has 2 rings (SSSR count). The van der Waals surface area contributed by atoms with Crippen molar-refractivity contribution in [2.24, 2.45) is 0 Å². The van der Waals surface area contributed by atoms with E-state index < -0.39 is 10.0 Å². The highest BCUT2D eigenvalue weighted by Gasteiger charge is 2.19. The normalized spacial score (nSPS) is 11.1. The lowest BCUT2D eigenvalue weighted by atomic mass is 10.2. The predicted octanol–water partition coefficient (Wildman–Crippen LogP) is 2.62. The first kappa shape index (κ1) is 14.3. The molecular formula is C14H17N3O2S. The lowest BCUT2D eigenvalue weighted by molar-refractivity contribution is 0.598. The van der Waals surface area contributed by atoms with Crippen LogP contribution >= 0.6 is 0 Å². The molecule has 0 amide bonds. The maximum atomic E-state index is 12.4. The molecule has 1 aromatic carbocycles. The van der Waals surface area contributed by atoms with Gasteiger partial charge >= 0.3 is 0 Å². The molecule has 0 unspecified atom stereocenters. The number of benzene rings is 1. The fraction of sp³-hybridized carbons (Fsp3) is 0.214. The van der Waals surface area contributed by atoms with E-state index in [4.69, 9.17) is 0 Å². The Morgan fingerprint density at radius 2 is 2.00 bits per heavy atom. The average Bonchev–Trinajstić information content (AvgIpc) is 2.39. The van der Waals surface area contributed by atoms with Crippen LogP contribution in [0.1, 0.15) is 12.5 Å². The van der Waals surface area contributed by atoms with Crippen molar-refractivity contribution < 1.29 is 8.42 Å². The van der Waals surface area contributed by atoms with Gasteiger partial charge in [0, 0.05) is 18.4 Å². The molecule has 20 heavy (non-hydrogen) atoms. The Bertz CT molecular complexity index is 699. The van der Waals surface area contributed by atoms with Crippen molar-refractivity contribution in [2.45, 2.75) is 18.9 Å². The zero-order chi connectivity index (χ0) is 14.6. The van der Waals surface area contributed by atoms with Crippen LogP contribution in [0.3, 0.4) is 0 Å². The lowest BCUT2D eigenvalue weighted by Crippen LogP contribution is -2.17. The van der Waals surface area contributed by atoms with Gasteiger partial charge in [-0.3, -0.25) is 4.72 Å². The molecule has 0 saturated carbocycles. The van der Waals surface area contributed by atoms with Crippen LogP contribution in [0.25, 0.3) is 0 Å². The fourth-order valence-corrected chi connectivity index (χ4v) is 3.01. The zero-order valence-corrected chi connectivity index (χ0v) is 12.2. The molecule has 0 bridgehead atoms. The molecule has 1 aromatic heterocycles. The quantitative estimate of drug-likeness (QED) is 0.888. The van der Waals surface area contributed by atoms with Crippen molar-refractivity contribution in [3.8, 4) is 0 Å². The standard InChI is InChI=1S/C14H17N3O2S/c1-3-15-13-8-5-9-16-14(13)20(18,19)17-12-7-4-6-11(2)10-12/h4-10,15,17H,3H2,1-2H3. The van der Waals surface area contributed by atoms with Crippen LogP contribution in [-0.2, 0) is 10.0 Å². The van der Waals surface area contributed by atoms with Gasteiger partial charge in [-0.05, 0) is 43.7 Å². The van der Waals surface area contributed by atoms with Crippen molar-refractivity contribution in [3.05, 3.63) is 48.2 Å². The predicted molar refractivity (Wildman–Crippen MR) is 80.4 cm³/mol. The number of hydrogen-bond donors (Lipinski definition) is 2. The molecule has 6 heteroatoms. The number of anilines is 2. The number of aromatic nitrogens is 1. The van der Waals surface area contributed by atoms with E-state index in [1.165, 1.54) is 6.20 Å². The van der Waals surface area contributed by atoms with Gasteiger partial charge in [-0.2, -0.15) is 8.42 Å². The van der Waals surface area contributed by atoms with Gasteiger partial charge in [0.1, 0.15) is 0 Å². The molecule has 5 nitrogen and oxygen atoms in total. The van der Waals surface area contributed by atoms with Gasteiger partial charge in [0.05, 0.1) is 5.69 Å². The number of rotatable bonds is 5. The van der Waals surface area contributed by atoms with Crippen LogP contribution in [0, 0.1) is 6.92 Å². The van der Waals surface area contributed by atoms with E-state index in [1.807, 2.05) is 19.9 Å². The second-order valence-electron chi connectivity index (χ2n) is 4.36. The van der Waals surface area contributed by atoms with Crippen LogP contribution < -0.4 is 10.0 Å². The first-order valence-electron chi connectivity index (χ1n) is 6.31. The largest absolute Gasteiger partial charge is 0.383 e. The summed E-state index contributed by atoms with van der Waals surface area (Å²) in [7, 11) is -3.71. The Labute approximate surface area is 119 Å². The van der Waals surface area contributed by atoms with E-state index in [-0.39, 0.29) is 5.03 Å². The van der Waals surface area contributed by atoms with Gasteiger partial charge < -0.3 is 5.32 Å². The Hall–Kier alpha value is -2.08.